The number of hydrogen-bond donors (Lipinski definition) is 4. The molecular weight excluding hydrogens is 853 g/mol. The lowest BCUT2D eigenvalue weighted by molar-refractivity contribution is 0.00815. The molecule has 0 aromatic heterocycles. The van der Waals surface area contributed by atoms with Crippen molar-refractivity contribution in [2.24, 2.45) is 0 Å². The van der Waals surface area contributed by atoms with Crippen molar-refractivity contribution in [2.45, 2.75) is 106 Å². The molecule has 10 rings (SSSR count). The maximum Gasteiger partial charge on any atom is 0.339 e. The van der Waals surface area contributed by atoms with E-state index in [0.29, 0.717) is 79.0 Å². The SMILES string of the molecule is C.CC.CC.COc1ccc2c(c1CO)C(=O)O[C@@H]2[C@H]1c2c(c(C)c3c(c2CO)OCO3)CCN1C.COc1ccc2c(c1CO)C(=O)O[C@@H]2[C@H]1c2c(cc3c(c2CO)OCO3)CCN1C. The Morgan fingerprint density at radius 1 is 0.621 bits per heavy atom. The van der Waals surface area contributed by atoms with Crippen molar-refractivity contribution in [3.05, 3.63) is 103 Å². The van der Waals surface area contributed by atoms with Gasteiger partial charge in [0, 0.05) is 46.5 Å². The highest BCUT2D eigenvalue weighted by Gasteiger charge is 2.47. The molecule has 4 N–H and O–H groups in total. The van der Waals surface area contributed by atoms with Gasteiger partial charge in [-0.05, 0) is 79.9 Å². The first-order valence-electron chi connectivity index (χ1n) is 22.1. The van der Waals surface area contributed by atoms with E-state index >= 15 is 0 Å². The number of ether oxygens (including phenoxy) is 8. The second-order valence-corrected chi connectivity index (χ2v) is 15.8. The monoisotopic (exact) mass is 916 g/mol. The number of likely N-dealkylation sites (N-methyl/N-ethyl adjacent to an activating group) is 2. The van der Waals surface area contributed by atoms with E-state index in [1.807, 2.05) is 66.9 Å². The Labute approximate surface area is 386 Å². The number of benzene rings is 4. The molecule has 0 aliphatic carbocycles. The summed E-state index contributed by atoms with van der Waals surface area (Å²) in [7, 11) is 6.96. The molecule has 4 atom stereocenters. The van der Waals surface area contributed by atoms with E-state index in [1.165, 1.54) is 14.2 Å². The van der Waals surface area contributed by atoms with Crippen molar-refractivity contribution in [1.29, 1.82) is 0 Å². The van der Waals surface area contributed by atoms with Crippen molar-refractivity contribution in [1.82, 2.24) is 9.80 Å². The largest absolute Gasteiger partial charge is 0.496 e. The fourth-order valence-electron chi connectivity index (χ4n) is 10.1. The molecule has 4 aromatic rings. The Bertz CT molecular complexity index is 2450. The van der Waals surface area contributed by atoms with Crippen molar-refractivity contribution in [2.75, 3.05) is 55.0 Å². The van der Waals surface area contributed by atoms with Gasteiger partial charge in [0.25, 0.3) is 0 Å². The van der Waals surface area contributed by atoms with Gasteiger partial charge in [0.05, 0.1) is 63.9 Å². The standard InChI is InChI=1S/C23H25NO7.C22H23NO7.2C2H6.CH4/c1-11-12-6-7-24(2)19(17(12)15(9-26)22-20(11)29-10-30-22)21-13-4-5-16(28-3)14(8-25)18(13)23(27)31-21;1-23-6-5-11-7-16-20(29-10-28-16)14(9-25)17(11)19(23)21-12-3-4-15(27-2)13(8-24)18(12)22(26)30-21;2*1-2;/h4-5,19,21,25-26H,6-10H2,1-3H3;3-4,7,19,21,24-25H,5-6,8-10H2,1-2H3;2*1-2H3;1H4/t2*19-,21+;;;/m11.../s1. The van der Waals surface area contributed by atoms with Crippen LogP contribution in [0.25, 0.3) is 0 Å². The van der Waals surface area contributed by atoms with E-state index in [-0.39, 0.29) is 59.5 Å². The molecule has 0 saturated heterocycles. The van der Waals surface area contributed by atoms with Gasteiger partial charge < -0.3 is 58.3 Å². The molecule has 16 nitrogen and oxygen atoms in total. The van der Waals surface area contributed by atoms with Crippen LogP contribution >= 0.6 is 0 Å². The zero-order chi connectivity index (χ0) is 46.9. The number of carbonyl (C=O) groups excluding carboxylic acids is 2. The summed E-state index contributed by atoms with van der Waals surface area (Å²) >= 11 is 0. The predicted octanol–water partition coefficient (Wildman–Crippen LogP) is 6.70. The zero-order valence-electron chi connectivity index (χ0n) is 38.5. The first-order chi connectivity index (χ1) is 31.6. The number of fused-ring (bicyclic) bond motifs is 6. The lowest BCUT2D eigenvalue weighted by Gasteiger charge is -2.39. The summed E-state index contributed by atoms with van der Waals surface area (Å²) in [5, 5.41) is 40.2. The van der Waals surface area contributed by atoms with E-state index in [1.54, 1.807) is 12.1 Å². The highest BCUT2D eigenvalue weighted by atomic mass is 16.7. The van der Waals surface area contributed by atoms with Gasteiger partial charge in [0.15, 0.2) is 23.0 Å². The predicted molar refractivity (Wildman–Crippen MR) is 243 cm³/mol. The molecule has 66 heavy (non-hydrogen) atoms. The zero-order valence-corrected chi connectivity index (χ0v) is 38.5. The van der Waals surface area contributed by atoms with Gasteiger partial charge in [-0.3, -0.25) is 9.80 Å². The quantitative estimate of drug-likeness (QED) is 0.136. The van der Waals surface area contributed by atoms with Crippen molar-refractivity contribution >= 4 is 11.9 Å². The Hall–Kier alpha value is -5.62. The van der Waals surface area contributed by atoms with Crippen LogP contribution in [-0.2, 0) is 48.7 Å². The summed E-state index contributed by atoms with van der Waals surface area (Å²) in [5.74, 6) is 2.37. The number of hydrogen-bond acceptors (Lipinski definition) is 16. The molecule has 6 heterocycles. The molecule has 358 valence electrons. The van der Waals surface area contributed by atoms with Crippen LogP contribution in [0.4, 0.5) is 0 Å². The average Bonchev–Trinajstić information content (AvgIpc) is 4.16. The number of esters is 2. The Morgan fingerprint density at radius 3 is 1.59 bits per heavy atom. The summed E-state index contributed by atoms with van der Waals surface area (Å²) in [4.78, 5) is 30.0. The fraction of sp³-hybridized carbons (Fsp3) is 0.480. The van der Waals surface area contributed by atoms with Crippen LogP contribution in [0.15, 0.2) is 30.3 Å². The summed E-state index contributed by atoms with van der Waals surface area (Å²) in [6.45, 7) is 10.7. The van der Waals surface area contributed by atoms with E-state index in [9.17, 15) is 30.0 Å². The second kappa shape index (κ2) is 20.9. The summed E-state index contributed by atoms with van der Waals surface area (Å²) in [5.41, 5.74) is 9.27. The number of aliphatic hydroxyl groups excluding tert-OH is 4. The first kappa shape index (κ1) is 49.8. The van der Waals surface area contributed by atoms with E-state index in [4.69, 9.17) is 37.9 Å². The number of aliphatic hydroxyl groups is 4. The third-order valence-corrected chi connectivity index (χ3v) is 13.0. The van der Waals surface area contributed by atoms with Crippen LogP contribution in [0.5, 0.6) is 34.5 Å². The minimum Gasteiger partial charge on any atom is -0.496 e. The van der Waals surface area contributed by atoms with E-state index < -0.39 is 24.1 Å². The Morgan fingerprint density at radius 2 is 1.08 bits per heavy atom. The van der Waals surface area contributed by atoms with E-state index in [0.717, 1.165) is 53.7 Å². The number of cyclic esters (lactones) is 2. The molecule has 0 fully saturated rings. The van der Waals surface area contributed by atoms with Crippen LogP contribution in [0.2, 0.25) is 0 Å². The topological polar surface area (TPSA) is 195 Å². The number of nitrogens with zero attached hydrogens (tertiary/aromatic N) is 2. The van der Waals surface area contributed by atoms with Gasteiger partial charge in [-0.1, -0.05) is 47.3 Å². The average molecular weight is 917 g/mol. The number of rotatable bonds is 8. The van der Waals surface area contributed by atoms with Crippen molar-refractivity contribution in [3.63, 3.8) is 0 Å². The molecule has 0 bridgehead atoms. The van der Waals surface area contributed by atoms with Gasteiger partial charge in [0.2, 0.25) is 13.6 Å². The lowest BCUT2D eigenvalue weighted by Crippen LogP contribution is -2.37. The molecule has 16 heteroatoms. The van der Waals surface area contributed by atoms with Crippen molar-refractivity contribution < 1.29 is 67.9 Å². The molecule has 0 amide bonds. The summed E-state index contributed by atoms with van der Waals surface area (Å²) < 4.78 is 45.0. The molecule has 0 unspecified atom stereocenters. The maximum atomic E-state index is 12.9. The molecule has 0 spiro atoms. The maximum absolute atomic E-state index is 12.9. The number of methoxy groups -OCH3 is 2. The number of carbonyl (C=O) groups is 2. The minimum absolute atomic E-state index is 0. The third kappa shape index (κ3) is 8.06. The van der Waals surface area contributed by atoms with Gasteiger partial charge >= 0.3 is 11.9 Å². The van der Waals surface area contributed by atoms with Crippen LogP contribution in [0.1, 0.15) is 141 Å². The molecular formula is C50H64N2O14. The Balaban J connectivity index is 0.000000200. The second-order valence-electron chi connectivity index (χ2n) is 15.8. The van der Waals surface area contributed by atoms with Crippen LogP contribution in [0.3, 0.4) is 0 Å². The third-order valence-electron chi connectivity index (χ3n) is 13.0. The molecule has 4 aromatic carbocycles. The molecule has 0 saturated carbocycles. The van der Waals surface area contributed by atoms with Crippen LogP contribution < -0.4 is 28.4 Å². The summed E-state index contributed by atoms with van der Waals surface area (Å²) in [6, 6.07) is 8.47. The highest BCUT2D eigenvalue weighted by Crippen LogP contribution is 2.54. The van der Waals surface area contributed by atoms with Crippen LogP contribution in [-0.4, -0.2) is 97.2 Å². The van der Waals surface area contributed by atoms with Gasteiger partial charge in [-0.2, -0.15) is 0 Å². The minimum atomic E-state index is -0.590. The Kier molecular flexibility index (Phi) is 15.8. The van der Waals surface area contributed by atoms with Gasteiger partial charge in [-0.25, -0.2) is 9.59 Å². The van der Waals surface area contributed by atoms with Gasteiger partial charge in [-0.15, -0.1) is 0 Å². The lowest BCUT2D eigenvalue weighted by atomic mass is 9.81. The fourth-order valence-corrected chi connectivity index (χ4v) is 10.1. The first-order valence-corrected chi connectivity index (χ1v) is 22.1. The van der Waals surface area contributed by atoms with Crippen LogP contribution in [0, 0.1) is 6.92 Å². The highest BCUT2D eigenvalue weighted by molar-refractivity contribution is 5.97. The van der Waals surface area contributed by atoms with Gasteiger partial charge in [0.1, 0.15) is 23.7 Å². The molecule has 0 radical (unpaired) electrons. The molecule has 6 aliphatic heterocycles. The molecule has 6 aliphatic rings. The normalized spacial score (nSPS) is 20.3. The summed E-state index contributed by atoms with van der Waals surface area (Å²) in [6.07, 6.45) is 0.395. The van der Waals surface area contributed by atoms with E-state index in [2.05, 4.69) is 9.80 Å². The van der Waals surface area contributed by atoms with Crippen molar-refractivity contribution in [3.8, 4) is 34.5 Å². The smallest absolute Gasteiger partial charge is 0.339 e.